The van der Waals surface area contributed by atoms with Crippen LogP contribution in [0.1, 0.15) is 12.6 Å². The first kappa shape index (κ1) is 7.67. The summed E-state index contributed by atoms with van der Waals surface area (Å²) in [6, 6.07) is 0. The molecule has 0 aromatic carbocycles. The number of aryl methyl sites for hydroxylation is 1. The molecule has 56 valence electrons. The van der Waals surface area contributed by atoms with E-state index in [2.05, 4.69) is 30.6 Å². The SMILES string of the molecule is CCc1cn(P(C)C)nn1. The van der Waals surface area contributed by atoms with E-state index >= 15 is 0 Å². The predicted octanol–water partition coefficient (Wildman–Crippen LogP) is 1.35. The summed E-state index contributed by atoms with van der Waals surface area (Å²) in [6.45, 7) is 6.40. The van der Waals surface area contributed by atoms with Crippen molar-refractivity contribution in [3.8, 4) is 0 Å². The number of aromatic nitrogens is 3. The molecule has 1 aromatic heterocycles. The van der Waals surface area contributed by atoms with Crippen molar-refractivity contribution in [1.82, 2.24) is 14.8 Å². The second-order valence-corrected chi connectivity index (χ2v) is 4.44. The Morgan fingerprint density at radius 2 is 2.30 bits per heavy atom. The molecule has 0 saturated carbocycles. The topological polar surface area (TPSA) is 30.7 Å². The minimum Gasteiger partial charge on any atom is -0.233 e. The van der Waals surface area contributed by atoms with E-state index in [1.165, 1.54) is 0 Å². The smallest absolute Gasteiger partial charge is 0.0827 e. The van der Waals surface area contributed by atoms with Crippen molar-refractivity contribution in [3.05, 3.63) is 11.9 Å². The van der Waals surface area contributed by atoms with Gasteiger partial charge in [0.05, 0.1) is 11.9 Å². The van der Waals surface area contributed by atoms with E-state index in [0.717, 1.165) is 12.1 Å². The van der Waals surface area contributed by atoms with Gasteiger partial charge >= 0.3 is 0 Å². The highest BCUT2D eigenvalue weighted by Gasteiger charge is 1.99. The minimum atomic E-state index is -0.137. The fraction of sp³-hybridized carbons (Fsp3) is 0.667. The highest BCUT2D eigenvalue weighted by atomic mass is 31.1. The Balaban J connectivity index is 2.78. The largest absolute Gasteiger partial charge is 0.233 e. The first-order chi connectivity index (χ1) is 4.74. The highest BCUT2D eigenvalue weighted by molar-refractivity contribution is 7.54. The van der Waals surface area contributed by atoms with Crippen molar-refractivity contribution in [3.63, 3.8) is 0 Å². The molecule has 3 nitrogen and oxygen atoms in total. The second-order valence-electron chi connectivity index (χ2n) is 2.33. The lowest BCUT2D eigenvalue weighted by atomic mass is 10.4. The normalized spacial score (nSPS) is 10.8. The molecule has 1 heterocycles. The standard InChI is InChI=1S/C6H12N3P/c1-4-6-5-9(8-7-6)10(2)3/h5H,4H2,1-3H3. The van der Waals surface area contributed by atoms with E-state index < -0.39 is 0 Å². The zero-order valence-corrected chi connectivity index (χ0v) is 7.47. The van der Waals surface area contributed by atoms with Crippen LogP contribution in [0.15, 0.2) is 6.20 Å². The van der Waals surface area contributed by atoms with E-state index in [0.29, 0.717) is 0 Å². The molecule has 0 aliphatic rings. The molecule has 0 radical (unpaired) electrons. The van der Waals surface area contributed by atoms with Crippen LogP contribution in [0.4, 0.5) is 0 Å². The molecule has 0 N–H and O–H groups in total. The number of hydrogen-bond acceptors (Lipinski definition) is 2. The Hall–Kier alpha value is -0.430. The van der Waals surface area contributed by atoms with E-state index in [1.807, 2.05) is 10.6 Å². The summed E-state index contributed by atoms with van der Waals surface area (Å²) in [7, 11) is -0.137. The Labute approximate surface area is 62.2 Å². The van der Waals surface area contributed by atoms with Gasteiger partial charge in [-0.3, -0.25) is 0 Å². The molecule has 0 aliphatic carbocycles. The molecule has 4 heteroatoms. The molecule has 0 fully saturated rings. The zero-order chi connectivity index (χ0) is 7.56. The van der Waals surface area contributed by atoms with Crippen molar-refractivity contribution < 1.29 is 0 Å². The lowest BCUT2D eigenvalue weighted by Gasteiger charge is -2.00. The minimum absolute atomic E-state index is 0.137. The average molecular weight is 157 g/mol. The van der Waals surface area contributed by atoms with Crippen molar-refractivity contribution in [1.29, 1.82) is 0 Å². The van der Waals surface area contributed by atoms with Gasteiger partial charge in [-0.15, -0.1) is 5.10 Å². The van der Waals surface area contributed by atoms with Crippen molar-refractivity contribution >= 4 is 8.07 Å². The maximum Gasteiger partial charge on any atom is 0.0827 e. The van der Waals surface area contributed by atoms with E-state index in [-0.39, 0.29) is 8.07 Å². The first-order valence-electron chi connectivity index (χ1n) is 3.33. The van der Waals surface area contributed by atoms with Crippen LogP contribution in [0.25, 0.3) is 0 Å². The first-order valence-corrected chi connectivity index (χ1v) is 5.51. The van der Waals surface area contributed by atoms with Crippen molar-refractivity contribution in [2.24, 2.45) is 0 Å². The van der Waals surface area contributed by atoms with Gasteiger partial charge in [-0.2, -0.15) is 0 Å². The summed E-state index contributed by atoms with van der Waals surface area (Å²) in [4.78, 5) is 0. The van der Waals surface area contributed by atoms with Gasteiger partial charge in [-0.1, -0.05) is 12.1 Å². The highest BCUT2D eigenvalue weighted by Crippen LogP contribution is 2.25. The average Bonchev–Trinajstić information content (AvgIpc) is 2.34. The predicted molar refractivity (Wildman–Crippen MR) is 43.6 cm³/mol. The molecule has 0 atom stereocenters. The Kier molecular flexibility index (Phi) is 2.39. The third kappa shape index (κ3) is 1.54. The molecular weight excluding hydrogens is 145 g/mol. The number of hydrogen-bond donors (Lipinski definition) is 0. The van der Waals surface area contributed by atoms with Gasteiger partial charge in [0.2, 0.25) is 0 Å². The second kappa shape index (κ2) is 3.11. The summed E-state index contributed by atoms with van der Waals surface area (Å²) in [6.07, 6.45) is 2.99. The summed E-state index contributed by atoms with van der Waals surface area (Å²) < 4.78 is 1.94. The van der Waals surface area contributed by atoms with E-state index in [9.17, 15) is 0 Å². The molecule has 0 spiro atoms. The van der Waals surface area contributed by atoms with E-state index in [1.54, 1.807) is 0 Å². The fourth-order valence-corrected chi connectivity index (χ4v) is 1.21. The summed E-state index contributed by atoms with van der Waals surface area (Å²) >= 11 is 0. The van der Waals surface area contributed by atoms with Crippen LogP contribution in [-0.2, 0) is 6.42 Å². The third-order valence-corrected chi connectivity index (χ3v) is 2.32. The molecule has 0 bridgehead atoms. The van der Waals surface area contributed by atoms with Gasteiger partial charge in [0.25, 0.3) is 0 Å². The summed E-state index contributed by atoms with van der Waals surface area (Å²) in [5.74, 6) is 0. The molecule has 10 heavy (non-hydrogen) atoms. The lowest BCUT2D eigenvalue weighted by molar-refractivity contribution is 0.864. The molecular formula is C6H12N3P. The molecule has 1 aromatic rings. The monoisotopic (exact) mass is 157 g/mol. The van der Waals surface area contributed by atoms with Crippen LogP contribution >= 0.6 is 8.07 Å². The summed E-state index contributed by atoms with van der Waals surface area (Å²) in [5, 5.41) is 7.97. The van der Waals surface area contributed by atoms with Crippen LogP contribution in [0.3, 0.4) is 0 Å². The lowest BCUT2D eigenvalue weighted by Crippen LogP contribution is -1.88. The van der Waals surface area contributed by atoms with Crippen molar-refractivity contribution in [2.45, 2.75) is 13.3 Å². The van der Waals surface area contributed by atoms with Crippen LogP contribution < -0.4 is 0 Å². The van der Waals surface area contributed by atoms with Gasteiger partial charge < -0.3 is 0 Å². The maximum atomic E-state index is 3.99. The molecule has 0 saturated heterocycles. The molecule has 0 unspecified atom stereocenters. The third-order valence-electron chi connectivity index (χ3n) is 1.30. The van der Waals surface area contributed by atoms with Gasteiger partial charge in [-0.25, -0.2) is 4.45 Å². The maximum absolute atomic E-state index is 3.99. The molecule has 0 amide bonds. The zero-order valence-electron chi connectivity index (χ0n) is 6.57. The van der Waals surface area contributed by atoms with Crippen LogP contribution in [-0.4, -0.2) is 28.1 Å². The van der Waals surface area contributed by atoms with Gasteiger partial charge in [0, 0.05) is 8.07 Å². The quantitative estimate of drug-likeness (QED) is 0.606. The van der Waals surface area contributed by atoms with E-state index in [4.69, 9.17) is 0 Å². The van der Waals surface area contributed by atoms with Crippen LogP contribution in [0.2, 0.25) is 0 Å². The number of nitrogens with zero attached hydrogens (tertiary/aromatic N) is 3. The Bertz CT molecular complexity index is 207. The Morgan fingerprint density at radius 3 is 2.60 bits per heavy atom. The number of rotatable bonds is 2. The van der Waals surface area contributed by atoms with Crippen LogP contribution in [0, 0.1) is 0 Å². The molecule has 0 aliphatic heterocycles. The Morgan fingerprint density at radius 1 is 1.60 bits per heavy atom. The van der Waals surface area contributed by atoms with Gasteiger partial charge in [-0.05, 0) is 19.8 Å². The summed E-state index contributed by atoms with van der Waals surface area (Å²) in [5.41, 5.74) is 1.08. The van der Waals surface area contributed by atoms with Gasteiger partial charge in [0.1, 0.15) is 0 Å². The fourth-order valence-electron chi connectivity index (χ4n) is 0.646. The van der Waals surface area contributed by atoms with Crippen LogP contribution in [0.5, 0.6) is 0 Å². The molecule has 1 rings (SSSR count). The van der Waals surface area contributed by atoms with Crippen molar-refractivity contribution in [2.75, 3.05) is 13.3 Å². The van der Waals surface area contributed by atoms with Gasteiger partial charge in [0.15, 0.2) is 0 Å².